The molecule has 4 rings (SSSR count). The molecule has 0 unspecified atom stereocenters. The number of rotatable bonds is 4. The number of carbonyl (C=O) groups excluding carboxylic acids is 1. The number of imidazole rings is 1. The molecule has 1 amide bonds. The van der Waals surface area contributed by atoms with Crippen LogP contribution in [-0.4, -0.2) is 43.8 Å². The van der Waals surface area contributed by atoms with E-state index in [1.54, 1.807) is 6.20 Å². The zero-order valence-corrected chi connectivity index (χ0v) is 14.1. The van der Waals surface area contributed by atoms with E-state index in [2.05, 4.69) is 21.0 Å². The van der Waals surface area contributed by atoms with E-state index < -0.39 is 0 Å². The van der Waals surface area contributed by atoms with Crippen LogP contribution in [0.15, 0.2) is 42.9 Å². The van der Waals surface area contributed by atoms with Gasteiger partial charge in [-0.2, -0.15) is 0 Å². The Labute approximate surface area is 146 Å². The summed E-state index contributed by atoms with van der Waals surface area (Å²) in [6, 6.07) is 9.97. The number of para-hydroxylation sites is 2. The highest BCUT2D eigenvalue weighted by atomic mass is 16.2. The Balaban J connectivity index is 1.32. The van der Waals surface area contributed by atoms with E-state index in [0.717, 1.165) is 48.5 Å². The van der Waals surface area contributed by atoms with Gasteiger partial charge in [0, 0.05) is 37.3 Å². The molecule has 0 saturated carbocycles. The third-order valence-electron chi connectivity index (χ3n) is 4.88. The monoisotopic (exact) mass is 335 g/mol. The molecule has 1 aromatic carbocycles. The maximum Gasteiger partial charge on any atom is 0.222 e. The molecule has 0 atom stereocenters. The molecule has 1 N–H and O–H groups in total. The first-order chi connectivity index (χ1) is 12.3. The Morgan fingerprint density at radius 3 is 2.80 bits per heavy atom. The molecule has 1 saturated heterocycles. The lowest BCUT2D eigenvalue weighted by molar-refractivity contribution is -0.132. The molecule has 0 bridgehead atoms. The van der Waals surface area contributed by atoms with Crippen molar-refractivity contribution in [3.8, 4) is 0 Å². The number of hydrogen-bond acceptors (Lipinski definition) is 4. The van der Waals surface area contributed by atoms with Gasteiger partial charge in [0.1, 0.15) is 12.2 Å². The van der Waals surface area contributed by atoms with Crippen molar-refractivity contribution in [2.75, 3.05) is 13.1 Å². The Hall–Kier alpha value is -2.76. The van der Waals surface area contributed by atoms with Crippen molar-refractivity contribution in [2.24, 2.45) is 0 Å². The minimum atomic E-state index is 0.210. The Kier molecular flexibility index (Phi) is 4.41. The molecule has 3 aromatic rings. The summed E-state index contributed by atoms with van der Waals surface area (Å²) in [7, 11) is 0. The van der Waals surface area contributed by atoms with Crippen LogP contribution in [0.1, 0.15) is 36.7 Å². The summed E-state index contributed by atoms with van der Waals surface area (Å²) < 4.78 is 0. The average Bonchev–Trinajstić information content (AvgIpc) is 3.11. The van der Waals surface area contributed by atoms with Crippen LogP contribution in [0, 0.1) is 0 Å². The zero-order chi connectivity index (χ0) is 17.1. The van der Waals surface area contributed by atoms with Gasteiger partial charge in [0.05, 0.1) is 11.0 Å². The lowest BCUT2D eigenvalue weighted by Gasteiger charge is -2.31. The van der Waals surface area contributed by atoms with Gasteiger partial charge >= 0.3 is 0 Å². The van der Waals surface area contributed by atoms with Crippen LogP contribution in [0.3, 0.4) is 0 Å². The molecule has 1 aliphatic rings. The normalized spacial score (nSPS) is 15.6. The SMILES string of the molecule is O=C(CCc1ccncn1)N1CCC(c2nc3ccccc3[nH]2)CC1. The smallest absolute Gasteiger partial charge is 0.222 e. The summed E-state index contributed by atoms with van der Waals surface area (Å²) in [5.74, 6) is 1.66. The summed E-state index contributed by atoms with van der Waals surface area (Å²) >= 11 is 0. The number of piperidine rings is 1. The molecule has 0 radical (unpaired) electrons. The quantitative estimate of drug-likeness (QED) is 0.795. The first-order valence-corrected chi connectivity index (χ1v) is 8.77. The predicted octanol–water partition coefficient (Wildman–Crippen LogP) is 2.69. The van der Waals surface area contributed by atoms with Gasteiger partial charge in [0.15, 0.2) is 0 Å². The van der Waals surface area contributed by atoms with Crippen LogP contribution in [0.2, 0.25) is 0 Å². The second kappa shape index (κ2) is 7.01. The minimum absolute atomic E-state index is 0.210. The summed E-state index contributed by atoms with van der Waals surface area (Å²) in [4.78, 5) is 30.6. The van der Waals surface area contributed by atoms with Crippen LogP contribution in [0.5, 0.6) is 0 Å². The van der Waals surface area contributed by atoms with Crippen LogP contribution in [0.4, 0.5) is 0 Å². The molecular weight excluding hydrogens is 314 g/mol. The van der Waals surface area contributed by atoms with E-state index in [4.69, 9.17) is 4.98 Å². The van der Waals surface area contributed by atoms with Crippen molar-refractivity contribution in [1.82, 2.24) is 24.8 Å². The van der Waals surface area contributed by atoms with Gasteiger partial charge in [-0.25, -0.2) is 15.0 Å². The number of nitrogens with one attached hydrogen (secondary N) is 1. The number of H-pyrrole nitrogens is 1. The highest BCUT2D eigenvalue weighted by molar-refractivity contribution is 5.76. The molecular formula is C19H21N5O. The van der Waals surface area contributed by atoms with Crippen LogP contribution in [0.25, 0.3) is 11.0 Å². The predicted molar refractivity (Wildman–Crippen MR) is 95.0 cm³/mol. The van der Waals surface area contributed by atoms with Gasteiger partial charge in [-0.1, -0.05) is 12.1 Å². The molecule has 2 aromatic heterocycles. The number of aromatic nitrogens is 4. The second-order valence-corrected chi connectivity index (χ2v) is 6.49. The average molecular weight is 335 g/mol. The highest BCUT2D eigenvalue weighted by Crippen LogP contribution is 2.28. The number of amides is 1. The highest BCUT2D eigenvalue weighted by Gasteiger charge is 2.25. The lowest BCUT2D eigenvalue weighted by Crippen LogP contribution is -2.38. The van der Waals surface area contributed by atoms with Crippen molar-refractivity contribution in [2.45, 2.75) is 31.6 Å². The third-order valence-corrected chi connectivity index (χ3v) is 4.88. The number of aromatic amines is 1. The number of likely N-dealkylation sites (tertiary alicyclic amines) is 1. The maximum absolute atomic E-state index is 12.4. The summed E-state index contributed by atoms with van der Waals surface area (Å²) in [5.41, 5.74) is 3.02. The van der Waals surface area contributed by atoms with Gasteiger partial charge in [-0.05, 0) is 37.5 Å². The van der Waals surface area contributed by atoms with Crippen molar-refractivity contribution >= 4 is 16.9 Å². The van der Waals surface area contributed by atoms with E-state index in [-0.39, 0.29) is 5.91 Å². The number of nitrogens with zero attached hydrogens (tertiary/aromatic N) is 4. The first kappa shape index (κ1) is 15.7. The van der Waals surface area contributed by atoms with Crippen LogP contribution < -0.4 is 0 Å². The van der Waals surface area contributed by atoms with Gasteiger partial charge < -0.3 is 9.88 Å². The fourth-order valence-corrected chi connectivity index (χ4v) is 3.43. The molecule has 0 aliphatic carbocycles. The maximum atomic E-state index is 12.4. The standard InChI is InChI=1S/C19H21N5O/c25-18(6-5-15-7-10-20-13-21-15)24-11-8-14(9-12-24)19-22-16-3-1-2-4-17(16)23-19/h1-4,7,10,13-14H,5-6,8-9,11-12H2,(H,22,23). The van der Waals surface area contributed by atoms with E-state index in [0.29, 0.717) is 18.8 Å². The van der Waals surface area contributed by atoms with Crippen LogP contribution in [-0.2, 0) is 11.2 Å². The van der Waals surface area contributed by atoms with Crippen LogP contribution >= 0.6 is 0 Å². The second-order valence-electron chi connectivity index (χ2n) is 6.49. The van der Waals surface area contributed by atoms with Gasteiger partial charge in [0.2, 0.25) is 5.91 Å². The third kappa shape index (κ3) is 3.52. The van der Waals surface area contributed by atoms with E-state index in [1.807, 2.05) is 29.2 Å². The fourth-order valence-electron chi connectivity index (χ4n) is 3.43. The molecule has 1 fully saturated rings. The Bertz CT molecular complexity index is 819. The van der Waals surface area contributed by atoms with Gasteiger partial charge in [-0.15, -0.1) is 0 Å². The molecule has 3 heterocycles. The molecule has 6 heteroatoms. The number of fused-ring (bicyclic) bond motifs is 1. The molecule has 6 nitrogen and oxygen atoms in total. The van der Waals surface area contributed by atoms with Gasteiger partial charge in [-0.3, -0.25) is 4.79 Å². The lowest BCUT2D eigenvalue weighted by atomic mass is 9.96. The molecule has 128 valence electrons. The minimum Gasteiger partial charge on any atom is -0.343 e. The zero-order valence-electron chi connectivity index (χ0n) is 14.1. The molecule has 25 heavy (non-hydrogen) atoms. The topological polar surface area (TPSA) is 74.8 Å². The van der Waals surface area contributed by atoms with E-state index in [9.17, 15) is 4.79 Å². The number of aryl methyl sites for hydroxylation is 1. The molecule has 0 spiro atoms. The van der Waals surface area contributed by atoms with Crippen molar-refractivity contribution < 1.29 is 4.79 Å². The van der Waals surface area contributed by atoms with Crippen molar-refractivity contribution in [1.29, 1.82) is 0 Å². The number of benzene rings is 1. The Morgan fingerprint density at radius 1 is 1.20 bits per heavy atom. The molecule has 1 aliphatic heterocycles. The summed E-state index contributed by atoms with van der Waals surface area (Å²) in [6.07, 6.45) is 6.33. The van der Waals surface area contributed by atoms with Crippen molar-refractivity contribution in [3.05, 3.63) is 54.4 Å². The van der Waals surface area contributed by atoms with Crippen molar-refractivity contribution in [3.63, 3.8) is 0 Å². The number of carbonyl (C=O) groups is 1. The number of hydrogen-bond donors (Lipinski definition) is 1. The van der Waals surface area contributed by atoms with E-state index in [1.165, 1.54) is 6.33 Å². The first-order valence-electron chi connectivity index (χ1n) is 8.77. The fraction of sp³-hybridized carbons (Fsp3) is 0.368. The van der Waals surface area contributed by atoms with E-state index >= 15 is 0 Å². The summed E-state index contributed by atoms with van der Waals surface area (Å²) in [6.45, 7) is 1.59. The van der Waals surface area contributed by atoms with Gasteiger partial charge in [0.25, 0.3) is 0 Å². The Morgan fingerprint density at radius 2 is 2.04 bits per heavy atom. The summed E-state index contributed by atoms with van der Waals surface area (Å²) in [5, 5.41) is 0. The largest absolute Gasteiger partial charge is 0.343 e.